The highest BCUT2D eigenvalue weighted by molar-refractivity contribution is 9.10. The van der Waals surface area contributed by atoms with Crippen molar-refractivity contribution in [2.24, 2.45) is 0 Å². The van der Waals surface area contributed by atoms with E-state index in [0.29, 0.717) is 17.7 Å². The van der Waals surface area contributed by atoms with Crippen molar-refractivity contribution in [2.45, 2.75) is 6.42 Å². The Morgan fingerprint density at radius 1 is 1.25 bits per heavy atom. The standard InChI is InChI=1S/C15H11BrN2OS/c16-11-6-5-9(17)7-10(11)13(19)8-15-18-12-3-1-2-4-14(12)20-15/h1-7H,8,17H2. The number of Topliss-reactive ketones (excluding diaryl/α,β-unsaturated/α-hetero) is 1. The summed E-state index contributed by atoms with van der Waals surface area (Å²) in [6.07, 6.45) is 0.293. The molecule has 0 aliphatic heterocycles. The summed E-state index contributed by atoms with van der Waals surface area (Å²) in [7, 11) is 0. The molecule has 0 spiro atoms. The molecule has 0 saturated heterocycles. The van der Waals surface area contributed by atoms with Crippen molar-refractivity contribution in [3.8, 4) is 0 Å². The van der Waals surface area contributed by atoms with Crippen molar-refractivity contribution < 1.29 is 4.79 Å². The fraction of sp³-hybridized carbons (Fsp3) is 0.0667. The van der Waals surface area contributed by atoms with Gasteiger partial charge in [0.2, 0.25) is 0 Å². The molecular weight excluding hydrogens is 336 g/mol. The first-order chi connectivity index (χ1) is 9.63. The van der Waals surface area contributed by atoms with Crippen LogP contribution in [0.3, 0.4) is 0 Å². The molecule has 3 nitrogen and oxygen atoms in total. The third-order valence-corrected chi connectivity index (χ3v) is 4.67. The van der Waals surface area contributed by atoms with Gasteiger partial charge in [0.05, 0.1) is 16.6 Å². The molecule has 0 fully saturated rings. The number of carbonyl (C=O) groups excluding carboxylic acids is 1. The minimum atomic E-state index is 0.0169. The van der Waals surface area contributed by atoms with Gasteiger partial charge in [-0.05, 0) is 30.3 Å². The van der Waals surface area contributed by atoms with E-state index in [0.717, 1.165) is 19.7 Å². The van der Waals surface area contributed by atoms with Crippen LogP contribution in [0.25, 0.3) is 10.2 Å². The van der Waals surface area contributed by atoms with E-state index in [2.05, 4.69) is 20.9 Å². The van der Waals surface area contributed by atoms with Crippen molar-refractivity contribution >= 4 is 49.0 Å². The van der Waals surface area contributed by atoms with Gasteiger partial charge in [-0.3, -0.25) is 4.79 Å². The van der Waals surface area contributed by atoms with Gasteiger partial charge in [0.15, 0.2) is 5.78 Å². The van der Waals surface area contributed by atoms with Crippen LogP contribution in [0.5, 0.6) is 0 Å². The number of hydrogen-bond donors (Lipinski definition) is 1. The molecule has 0 radical (unpaired) electrons. The predicted molar refractivity (Wildman–Crippen MR) is 86.2 cm³/mol. The number of rotatable bonds is 3. The van der Waals surface area contributed by atoms with Crippen molar-refractivity contribution in [2.75, 3.05) is 5.73 Å². The van der Waals surface area contributed by atoms with Gasteiger partial charge in [0, 0.05) is 15.7 Å². The molecule has 100 valence electrons. The molecule has 0 saturated carbocycles. The highest BCUT2D eigenvalue weighted by Crippen LogP contribution is 2.25. The number of thiazole rings is 1. The average Bonchev–Trinajstić information content (AvgIpc) is 2.83. The number of aromatic nitrogens is 1. The second kappa shape index (κ2) is 5.34. The largest absolute Gasteiger partial charge is 0.399 e. The summed E-state index contributed by atoms with van der Waals surface area (Å²) in [4.78, 5) is 16.8. The lowest BCUT2D eigenvalue weighted by molar-refractivity contribution is 0.0992. The number of benzene rings is 2. The molecular formula is C15H11BrN2OS. The topological polar surface area (TPSA) is 56.0 Å². The maximum atomic E-state index is 12.3. The average molecular weight is 347 g/mol. The van der Waals surface area contributed by atoms with Crippen LogP contribution >= 0.6 is 27.3 Å². The maximum absolute atomic E-state index is 12.3. The quantitative estimate of drug-likeness (QED) is 0.574. The third-order valence-electron chi connectivity index (χ3n) is 2.94. The van der Waals surface area contributed by atoms with Crippen molar-refractivity contribution in [1.29, 1.82) is 0 Å². The molecule has 5 heteroatoms. The lowest BCUT2D eigenvalue weighted by Gasteiger charge is -2.03. The van der Waals surface area contributed by atoms with Gasteiger partial charge in [-0.25, -0.2) is 4.98 Å². The van der Waals surface area contributed by atoms with Crippen molar-refractivity contribution in [3.63, 3.8) is 0 Å². The molecule has 3 rings (SSSR count). The highest BCUT2D eigenvalue weighted by atomic mass is 79.9. The number of para-hydroxylation sites is 1. The molecule has 0 unspecified atom stereocenters. The second-order valence-electron chi connectivity index (χ2n) is 4.41. The zero-order valence-electron chi connectivity index (χ0n) is 10.5. The number of carbonyl (C=O) groups is 1. The number of nitrogens with zero attached hydrogens (tertiary/aromatic N) is 1. The van der Waals surface area contributed by atoms with Gasteiger partial charge in [-0.15, -0.1) is 11.3 Å². The van der Waals surface area contributed by atoms with E-state index in [-0.39, 0.29) is 5.78 Å². The Balaban J connectivity index is 1.90. The molecule has 3 aromatic rings. The molecule has 20 heavy (non-hydrogen) atoms. The van der Waals surface area contributed by atoms with Gasteiger partial charge in [0.25, 0.3) is 0 Å². The van der Waals surface area contributed by atoms with E-state index in [1.807, 2.05) is 24.3 Å². The Kier molecular flexibility index (Phi) is 3.54. The fourth-order valence-electron chi connectivity index (χ4n) is 1.98. The first-order valence-electron chi connectivity index (χ1n) is 6.06. The summed E-state index contributed by atoms with van der Waals surface area (Å²) in [6, 6.07) is 13.1. The molecule has 0 amide bonds. The van der Waals surface area contributed by atoms with Crippen LogP contribution in [0.1, 0.15) is 15.4 Å². The van der Waals surface area contributed by atoms with E-state index < -0.39 is 0 Å². The summed E-state index contributed by atoms with van der Waals surface area (Å²) in [5.41, 5.74) is 7.86. The molecule has 0 aliphatic carbocycles. The summed E-state index contributed by atoms with van der Waals surface area (Å²) in [5.74, 6) is 0.0169. The second-order valence-corrected chi connectivity index (χ2v) is 6.38. The monoisotopic (exact) mass is 346 g/mol. The van der Waals surface area contributed by atoms with Crippen LogP contribution < -0.4 is 5.73 Å². The lowest BCUT2D eigenvalue weighted by Crippen LogP contribution is -2.05. The minimum absolute atomic E-state index is 0.0169. The minimum Gasteiger partial charge on any atom is -0.399 e. The highest BCUT2D eigenvalue weighted by Gasteiger charge is 2.14. The van der Waals surface area contributed by atoms with E-state index in [1.54, 1.807) is 29.5 Å². The van der Waals surface area contributed by atoms with Crippen molar-refractivity contribution in [3.05, 3.63) is 57.5 Å². The number of halogens is 1. The van der Waals surface area contributed by atoms with Crippen LogP contribution in [-0.2, 0) is 6.42 Å². The van der Waals surface area contributed by atoms with Gasteiger partial charge in [-0.1, -0.05) is 28.1 Å². The van der Waals surface area contributed by atoms with Crippen LogP contribution in [0.15, 0.2) is 46.9 Å². The number of nitrogen functional groups attached to an aromatic ring is 1. The van der Waals surface area contributed by atoms with E-state index in [4.69, 9.17) is 5.73 Å². The van der Waals surface area contributed by atoms with Gasteiger partial charge in [-0.2, -0.15) is 0 Å². The molecule has 1 aromatic heterocycles. The Labute approximate surface area is 128 Å². The molecule has 1 heterocycles. The first kappa shape index (κ1) is 13.3. The third kappa shape index (κ3) is 2.59. The normalized spacial score (nSPS) is 10.8. The Hall–Kier alpha value is -1.72. The molecule has 0 bridgehead atoms. The van der Waals surface area contributed by atoms with Crippen LogP contribution in [0, 0.1) is 0 Å². The molecule has 2 aromatic carbocycles. The summed E-state index contributed by atoms with van der Waals surface area (Å²) < 4.78 is 1.86. The van der Waals surface area contributed by atoms with Crippen LogP contribution in [0.2, 0.25) is 0 Å². The smallest absolute Gasteiger partial charge is 0.170 e. The number of nitrogens with two attached hydrogens (primary N) is 1. The zero-order chi connectivity index (χ0) is 14.1. The number of fused-ring (bicyclic) bond motifs is 1. The fourth-order valence-corrected chi connectivity index (χ4v) is 3.42. The molecule has 2 N–H and O–H groups in total. The lowest BCUT2D eigenvalue weighted by atomic mass is 10.1. The molecule has 0 aliphatic rings. The number of anilines is 1. The predicted octanol–water partition coefficient (Wildman–Crippen LogP) is 4.07. The van der Waals surface area contributed by atoms with Gasteiger partial charge < -0.3 is 5.73 Å². The van der Waals surface area contributed by atoms with Gasteiger partial charge >= 0.3 is 0 Å². The first-order valence-corrected chi connectivity index (χ1v) is 7.67. The zero-order valence-corrected chi connectivity index (χ0v) is 12.9. The summed E-state index contributed by atoms with van der Waals surface area (Å²) >= 11 is 4.94. The maximum Gasteiger partial charge on any atom is 0.170 e. The molecule has 0 atom stereocenters. The Morgan fingerprint density at radius 3 is 2.85 bits per heavy atom. The van der Waals surface area contributed by atoms with E-state index >= 15 is 0 Å². The summed E-state index contributed by atoms with van der Waals surface area (Å²) in [5, 5.41) is 0.825. The van der Waals surface area contributed by atoms with E-state index in [9.17, 15) is 4.79 Å². The van der Waals surface area contributed by atoms with Gasteiger partial charge in [0.1, 0.15) is 5.01 Å². The van der Waals surface area contributed by atoms with E-state index in [1.165, 1.54) is 0 Å². The van der Waals surface area contributed by atoms with Crippen LogP contribution in [-0.4, -0.2) is 10.8 Å². The SMILES string of the molecule is Nc1ccc(Br)c(C(=O)Cc2nc3ccccc3s2)c1. The number of ketones is 1. The Bertz CT molecular complexity index is 764. The van der Waals surface area contributed by atoms with Crippen LogP contribution in [0.4, 0.5) is 5.69 Å². The number of hydrogen-bond acceptors (Lipinski definition) is 4. The summed E-state index contributed by atoms with van der Waals surface area (Å²) in [6.45, 7) is 0. The Morgan fingerprint density at radius 2 is 2.05 bits per heavy atom. The van der Waals surface area contributed by atoms with Crippen molar-refractivity contribution in [1.82, 2.24) is 4.98 Å².